The number of thiophene rings is 1. The predicted octanol–water partition coefficient (Wildman–Crippen LogP) is 18.1. The standard InChI is InChI=1S/C68H41NO2S/c1-4-23-49-45(18-1)46-22-15-31-57(66(46)68(49)53-27-8-12-34-60(53)71-61-35-13-9-28-54(61)68)69(43-40-38-42(39-41-43)44-21-16-37-63-64(44)48-20-3-14-36-62(48)72-63)56-30-17-29-55-65(56)47-19-2-5-24-50(47)67(55)51-25-6-10-32-58(51)70-59-33-11-7-26-52(59)67/h1-41H. The Morgan fingerprint density at radius 3 is 1.44 bits per heavy atom. The Bertz CT molecular complexity index is 4170. The minimum atomic E-state index is -0.711. The number of ether oxygens (including phenoxy) is 2. The van der Waals surface area contributed by atoms with Gasteiger partial charge < -0.3 is 14.4 Å². The molecular formula is C68H41NO2S. The highest BCUT2D eigenvalue weighted by Gasteiger charge is 2.55. The molecule has 0 amide bonds. The average molecular weight is 936 g/mol. The van der Waals surface area contributed by atoms with E-state index in [0.29, 0.717) is 0 Å². The lowest BCUT2D eigenvalue weighted by Gasteiger charge is -2.42. The molecule has 0 unspecified atom stereocenters. The quantitative estimate of drug-likeness (QED) is 0.176. The van der Waals surface area contributed by atoms with Gasteiger partial charge in [-0.1, -0.05) is 188 Å². The molecule has 0 saturated carbocycles. The second kappa shape index (κ2) is 14.8. The number of fused-ring (bicyclic) bond motifs is 21. The SMILES string of the molecule is c1ccc2c(c1)Oc1ccccc1C21c2ccccc2-c2c(N(c3ccc(-c4cccc5sc6ccccc6c45)cc3)c3cccc4c3C3(c5ccccc5Oc5ccccc53)c3ccccc3-4)cccc21. The van der Waals surface area contributed by atoms with Crippen LogP contribution in [0.2, 0.25) is 0 Å². The monoisotopic (exact) mass is 935 g/mol. The zero-order valence-electron chi connectivity index (χ0n) is 38.8. The van der Waals surface area contributed by atoms with Gasteiger partial charge >= 0.3 is 0 Å². The van der Waals surface area contributed by atoms with Gasteiger partial charge in [0, 0.05) is 59.2 Å². The molecule has 2 spiro atoms. The number of rotatable bonds is 4. The van der Waals surface area contributed by atoms with E-state index in [-0.39, 0.29) is 0 Å². The van der Waals surface area contributed by atoms with Crippen molar-refractivity contribution in [1.82, 2.24) is 0 Å². The third-order valence-corrected chi connectivity index (χ3v) is 17.1. The van der Waals surface area contributed by atoms with E-state index in [9.17, 15) is 0 Å². The Balaban J connectivity index is 1.02. The third-order valence-electron chi connectivity index (χ3n) is 16.0. The molecule has 0 fully saturated rings. The number of anilines is 3. The average Bonchev–Trinajstić information content (AvgIpc) is 4.08. The predicted molar refractivity (Wildman–Crippen MR) is 294 cm³/mol. The van der Waals surface area contributed by atoms with Crippen LogP contribution in [0.15, 0.2) is 249 Å². The van der Waals surface area contributed by atoms with Crippen LogP contribution < -0.4 is 14.4 Å². The summed E-state index contributed by atoms with van der Waals surface area (Å²) in [5.41, 5.74) is 18.7. The lowest BCUT2D eigenvalue weighted by molar-refractivity contribution is 0.436. The maximum atomic E-state index is 6.87. The van der Waals surface area contributed by atoms with Crippen molar-refractivity contribution in [2.45, 2.75) is 10.8 Å². The van der Waals surface area contributed by atoms with Crippen LogP contribution in [0.1, 0.15) is 44.5 Å². The fraction of sp³-hybridized carbons (Fsp3) is 0.0294. The van der Waals surface area contributed by atoms with Crippen molar-refractivity contribution in [3.8, 4) is 56.4 Å². The summed E-state index contributed by atoms with van der Waals surface area (Å²) in [6.07, 6.45) is 0. The van der Waals surface area contributed by atoms with Gasteiger partial charge in [-0.3, -0.25) is 0 Å². The van der Waals surface area contributed by atoms with Gasteiger partial charge in [-0.05, 0) is 105 Å². The third kappa shape index (κ3) is 5.08. The summed E-state index contributed by atoms with van der Waals surface area (Å²) >= 11 is 1.86. The second-order valence-electron chi connectivity index (χ2n) is 19.3. The van der Waals surface area contributed by atoms with Gasteiger partial charge in [0.1, 0.15) is 23.0 Å². The molecule has 72 heavy (non-hydrogen) atoms. The van der Waals surface area contributed by atoms with Crippen LogP contribution >= 0.6 is 11.3 Å². The Kier molecular flexibility index (Phi) is 8.18. The van der Waals surface area contributed by atoms with Gasteiger partial charge in [0.25, 0.3) is 0 Å². The van der Waals surface area contributed by atoms with Crippen molar-refractivity contribution in [2.24, 2.45) is 0 Å². The van der Waals surface area contributed by atoms with E-state index in [1.807, 2.05) is 11.3 Å². The minimum Gasteiger partial charge on any atom is -0.457 e. The number of hydrogen-bond donors (Lipinski definition) is 0. The van der Waals surface area contributed by atoms with Gasteiger partial charge in [0.15, 0.2) is 0 Å². The molecule has 4 heteroatoms. The van der Waals surface area contributed by atoms with Gasteiger partial charge in [-0.25, -0.2) is 0 Å². The number of para-hydroxylation sites is 4. The molecule has 0 bridgehead atoms. The van der Waals surface area contributed by atoms with Crippen LogP contribution in [0.5, 0.6) is 23.0 Å². The van der Waals surface area contributed by atoms with Crippen molar-refractivity contribution in [3.63, 3.8) is 0 Å². The summed E-state index contributed by atoms with van der Waals surface area (Å²) in [5.74, 6) is 3.49. The van der Waals surface area contributed by atoms with Crippen molar-refractivity contribution in [1.29, 1.82) is 0 Å². The van der Waals surface area contributed by atoms with E-state index in [1.165, 1.54) is 75.8 Å². The molecule has 11 aromatic carbocycles. The van der Waals surface area contributed by atoms with Crippen LogP contribution in [0, 0.1) is 0 Å². The van der Waals surface area contributed by atoms with Crippen molar-refractivity contribution in [2.75, 3.05) is 4.90 Å². The van der Waals surface area contributed by atoms with E-state index in [0.717, 1.165) is 62.3 Å². The molecule has 0 saturated heterocycles. The van der Waals surface area contributed by atoms with Crippen molar-refractivity contribution >= 4 is 48.6 Å². The van der Waals surface area contributed by atoms with Crippen LogP contribution in [0.4, 0.5) is 17.1 Å². The molecule has 1 aromatic heterocycles. The molecule has 336 valence electrons. The first-order chi connectivity index (χ1) is 35.7. The zero-order chi connectivity index (χ0) is 47.1. The Morgan fingerprint density at radius 1 is 0.319 bits per heavy atom. The highest BCUT2D eigenvalue weighted by Crippen LogP contribution is 2.67. The normalized spacial score (nSPS) is 14.3. The van der Waals surface area contributed by atoms with Crippen LogP contribution in [-0.2, 0) is 10.8 Å². The lowest BCUT2D eigenvalue weighted by Crippen LogP contribution is -2.33. The first kappa shape index (κ1) is 39.8. The van der Waals surface area contributed by atoms with Crippen LogP contribution in [-0.4, -0.2) is 0 Å². The molecular weight excluding hydrogens is 895 g/mol. The van der Waals surface area contributed by atoms with Gasteiger partial charge in [0.05, 0.1) is 22.2 Å². The van der Waals surface area contributed by atoms with Crippen LogP contribution in [0.25, 0.3) is 53.6 Å². The lowest BCUT2D eigenvalue weighted by atomic mass is 9.65. The molecule has 12 aromatic rings. The summed E-state index contributed by atoms with van der Waals surface area (Å²) in [7, 11) is 0. The van der Waals surface area contributed by atoms with Crippen molar-refractivity contribution in [3.05, 3.63) is 293 Å². The first-order valence-corrected chi connectivity index (χ1v) is 25.6. The smallest absolute Gasteiger partial charge is 0.132 e. The first-order valence-electron chi connectivity index (χ1n) is 24.7. The summed E-state index contributed by atoms with van der Waals surface area (Å²) in [6, 6.07) is 91.5. The molecule has 16 rings (SSSR count). The molecule has 3 nitrogen and oxygen atoms in total. The van der Waals surface area contributed by atoms with Crippen molar-refractivity contribution < 1.29 is 9.47 Å². The maximum Gasteiger partial charge on any atom is 0.132 e. The second-order valence-corrected chi connectivity index (χ2v) is 20.4. The highest BCUT2D eigenvalue weighted by atomic mass is 32.1. The van der Waals surface area contributed by atoms with Gasteiger partial charge in [0.2, 0.25) is 0 Å². The van der Waals surface area contributed by atoms with E-state index in [1.54, 1.807) is 0 Å². The molecule has 0 N–H and O–H groups in total. The summed E-state index contributed by atoms with van der Waals surface area (Å²) in [4.78, 5) is 2.57. The highest BCUT2D eigenvalue weighted by molar-refractivity contribution is 7.25. The summed E-state index contributed by atoms with van der Waals surface area (Å²) in [6.45, 7) is 0. The fourth-order valence-corrected chi connectivity index (χ4v) is 14.5. The van der Waals surface area contributed by atoms with E-state index < -0.39 is 10.8 Å². The number of hydrogen-bond acceptors (Lipinski definition) is 4. The van der Waals surface area contributed by atoms with Gasteiger partial charge in [-0.15, -0.1) is 11.3 Å². The molecule has 0 atom stereocenters. The molecule has 4 aliphatic rings. The molecule has 3 heterocycles. The molecule has 0 radical (unpaired) electrons. The Hall–Kier alpha value is -8.96. The minimum absolute atomic E-state index is 0.639. The maximum absolute atomic E-state index is 6.87. The fourth-order valence-electron chi connectivity index (χ4n) is 13.4. The Morgan fingerprint density at radius 2 is 0.778 bits per heavy atom. The van der Waals surface area contributed by atoms with Crippen LogP contribution in [0.3, 0.4) is 0 Å². The van der Waals surface area contributed by atoms with Gasteiger partial charge in [-0.2, -0.15) is 0 Å². The summed E-state index contributed by atoms with van der Waals surface area (Å²) < 4.78 is 16.3. The van der Waals surface area contributed by atoms with E-state index >= 15 is 0 Å². The van der Waals surface area contributed by atoms with E-state index in [4.69, 9.17) is 9.47 Å². The number of benzene rings is 11. The summed E-state index contributed by atoms with van der Waals surface area (Å²) in [5, 5.41) is 2.60. The molecule has 2 aliphatic carbocycles. The van der Waals surface area contributed by atoms with E-state index in [2.05, 4.69) is 254 Å². The zero-order valence-corrected chi connectivity index (χ0v) is 39.7. The largest absolute Gasteiger partial charge is 0.457 e. The topological polar surface area (TPSA) is 21.7 Å². The number of nitrogens with zero attached hydrogens (tertiary/aromatic N) is 1. The molecule has 2 aliphatic heterocycles. The Labute approximate surface area is 421 Å².